The number of amides is 2. The van der Waals surface area contributed by atoms with Gasteiger partial charge in [0.1, 0.15) is 0 Å². The van der Waals surface area contributed by atoms with E-state index in [1.54, 1.807) is 13.2 Å². The molecule has 126 valence electrons. The minimum atomic E-state index is -0.249. The second kappa shape index (κ2) is 7.92. The van der Waals surface area contributed by atoms with E-state index < -0.39 is 0 Å². The molecule has 3 rings (SSSR count). The number of hydrogen-bond donors (Lipinski definition) is 2. The quantitative estimate of drug-likeness (QED) is 0.749. The lowest BCUT2D eigenvalue weighted by molar-refractivity contribution is 0.251. The molecule has 0 saturated heterocycles. The van der Waals surface area contributed by atoms with Gasteiger partial charge in [-0.15, -0.1) is 10.2 Å². The van der Waals surface area contributed by atoms with Crippen LogP contribution in [-0.4, -0.2) is 23.3 Å². The molecule has 0 unspecified atom stereocenters. The summed E-state index contributed by atoms with van der Waals surface area (Å²) in [5, 5.41) is 13.7. The molecule has 2 aromatic carbocycles. The molecule has 2 amide bonds. The van der Waals surface area contributed by atoms with Crippen LogP contribution in [0.15, 0.2) is 66.7 Å². The number of benzene rings is 2. The molecule has 6 nitrogen and oxygen atoms in total. The van der Waals surface area contributed by atoms with Crippen LogP contribution in [0.3, 0.4) is 0 Å². The van der Waals surface area contributed by atoms with Crippen LogP contribution in [0.25, 0.3) is 11.3 Å². The molecule has 6 heteroatoms. The molecule has 2 N–H and O–H groups in total. The first-order valence-corrected chi connectivity index (χ1v) is 7.81. The zero-order valence-corrected chi connectivity index (χ0v) is 13.8. The van der Waals surface area contributed by atoms with E-state index in [4.69, 9.17) is 4.74 Å². The predicted octanol–water partition coefficient (Wildman–Crippen LogP) is 3.47. The first-order valence-electron chi connectivity index (χ1n) is 7.81. The Labute approximate surface area is 145 Å². The smallest absolute Gasteiger partial charge is 0.319 e. The average Bonchev–Trinajstić information content (AvgIpc) is 2.68. The molecule has 0 aliphatic heterocycles. The SMILES string of the molecule is COc1ccc(-c2ccc(NC(=O)NCc3ccccc3)cc2)nn1. The highest BCUT2D eigenvalue weighted by Crippen LogP contribution is 2.20. The van der Waals surface area contributed by atoms with Crippen molar-refractivity contribution in [3.8, 4) is 17.1 Å². The van der Waals surface area contributed by atoms with Crippen LogP contribution in [0.2, 0.25) is 0 Å². The number of nitrogens with one attached hydrogen (secondary N) is 2. The number of anilines is 1. The van der Waals surface area contributed by atoms with Gasteiger partial charge in [0.2, 0.25) is 5.88 Å². The van der Waals surface area contributed by atoms with Crippen molar-refractivity contribution in [3.63, 3.8) is 0 Å². The van der Waals surface area contributed by atoms with Gasteiger partial charge in [-0.3, -0.25) is 0 Å². The van der Waals surface area contributed by atoms with Crippen LogP contribution in [0.1, 0.15) is 5.56 Å². The molecule has 0 bridgehead atoms. The number of ether oxygens (including phenoxy) is 1. The maximum absolute atomic E-state index is 12.0. The second-order valence-corrected chi connectivity index (χ2v) is 5.33. The van der Waals surface area contributed by atoms with Crippen molar-refractivity contribution >= 4 is 11.7 Å². The summed E-state index contributed by atoms with van der Waals surface area (Å²) in [6, 6.07) is 20.5. The van der Waals surface area contributed by atoms with E-state index in [2.05, 4.69) is 20.8 Å². The van der Waals surface area contributed by atoms with E-state index in [1.807, 2.05) is 60.7 Å². The van der Waals surface area contributed by atoms with Gasteiger partial charge in [-0.05, 0) is 23.8 Å². The summed E-state index contributed by atoms with van der Waals surface area (Å²) in [7, 11) is 1.55. The third kappa shape index (κ3) is 4.54. The Morgan fingerprint density at radius 3 is 2.36 bits per heavy atom. The molecule has 0 atom stereocenters. The largest absolute Gasteiger partial charge is 0.480 e. The van der Waals surface area contributed by atoms with Crippen molar-refractivity contribution in [2.75, 3.05) is 12.4 Å². The van der Waals surface area contributed by atoms with Crippen molar-refractivity contribution < 1.29 is 9.53 Å². The maximum Gasteiger partial charge on any atom is 0.319 e. The van der Waals surface area contributed by atoms with Crippen LogP contribution < -0.4 is 15.4 Å². The normalized spacial score (nSPS) is 10.1. The second-order valence-electron chi connectivity index (χ2n) is 5.33. The lowest BCUT2D eigenvalue weighted by atomic mass is 10.1. The van der Waals surface area contributed by atoms with Gasteiger partial charge in [-0.2, -0.15) is 0 Å². The highest BCUT2D eigenvalue weighted by atomic mass is 16.5. The summed E-state index contributed by atoms with van der Waals surface area (Å²) in [6.07, 6.45) is 0. The third-order valence-corrected chi connectivity index (χ3v) is 3.58. The molecular weight excluding hydrogens is 316 g/mol. The molecule has 0 fully saturated rings. The van der Waals surface area contributed by atoms with Crippen LogP contribution in [-0.2, 0) is 6.54 Å². The number of aromatic nitrogens is 2. The number of rotatable bonds is 5. The van der Waals surface area contributed by atoms with Crippen LogP contribution >= 0.6 is 0 Å². The first kappa shape index (κ1) is 16.4. The number of carbonyl (C=O) groups excluding carboxylic acids is 1. The van der Waals surface area contributed by atoms with Gasteiger partial charge in [0.25, 0.3) is 0 Å². The standard InChI is InChI=1S/C19H18N4O2/c1-25-18-12-11-17(22-23-18)15-7-9-16(10-8-15)21-19(24)20-13-14-5-3-2-4-6-14/h2-12H,13H2,1H3,(H2,20,21,24). The van der Waals surface area contributed by atoms with Gasteiger partial charge in [0.15, 0.2) is 0 Å². The van der Waals surface area contributed by atoms with Crippen molar-refractivity contribution in [1.29, 1.82) is 0 Å². The fourth-order valence-electron chi connectivity index (χ4n) is 2.26. The molecule has 1 heterocycles. The highest BCUT2D eigenvalue weighted by Gasteiger charge is 2.04. The minimum absolute atomic E-state index is 0.249. The Morgan fingerprint density at radius 1 is 0.960 bits per heavy atom. The van der Waals surface area contributed by atoms with Gasteiger partial charge in [-0.25, -0.2) is 4.79 Å². The number of hydrogen-bond acceptors (Lipinski definition) is 4. The van der Waals surface area contributed by atoms with E-state index in [0.29, 0.717) is 18.1 Å². The van der Waals surface area contributed by atoms with Gasteiger partial charge >= 0.3 is 6.03 Å². The van der Waals surface area contributed by atoms with E-state index in [9.17, 15) is 4.79 Å². The van der Waals surface area contributed by atoms with E-state index in [1.165, 1.54) is 0 Å². The predicted molar refractivity (Wildman–Crippen MR) is 96.3 cm³/mol. The molecule has 0 radical (unpaired) electrons. The lowest BCUT2D eigenvalue weighted by Gasteiger charge is -2.08. The van der Waals surface area contributed by atoms with Crippen molar-refractivity contribution in [2.45, 2.75) is 6.54 Å². The summed E-state index contributed by atoms with van der Waals surface area (Å²) < 4.78 is 4.99. The number of nitrogens with zero attached hydrogens (tertiary/aromatic N) is 2. The molecule has 0 aliphatic rings. The first-order chi connectivity index (χ1) is 12.2. The zero-order chi connectivity index (χ0) is 17.5. The molecule has 0 aliphatic carbocycles. The number of urea groups is 1. The summed E-state index contributed by atoms with van der Waals surface area (Å²) in [4.78, 5) is 12.0. The lowest BCUT2D eigenvalue weighted by Crippen LogP contribution is -2.28. The van der Waals surface area contributed by atoms with Crippen molar-refractivity contribution in [2.24, 2.45) is 0 Å². The Morgan fingerprint density at radius 2 is 1.72 bits per heavy atom. The van der Waals surface area contributed by atoms with Crippen molar-refractivity contribution in [1.82, 2.24) is 15.5 Å². The van der Waals surface area contributed by atoms with Crippen LogP contribution in [0.5, 0.6) is 5.88 Å². The van der Waals surface area contributed by atoms with E-state index in [-0.39, 0.29) is 6.03 Å². The van der Waals surface area contributed by atoms with Gasteiger partial charge in [-0.1, -0.05) is 42.5 Å². The molecule has 25 heavy (non-hydrogen) atoms. The van der Waals surface area contributed by atoms with Crippen LogP contribution in [0.4, 0.5) is 10.5 Å². The molecule has 0 spiro atoms. The van der Waals surface area contributed by atoms with Gasteiger partial charge in [0, 0.05) is 23.9 Å². The Kier molecular flexibility index (Phi) is 5.21. The number of carbonyl (C=O) groups is 1. The Balaban J connectivity index is 1.57. The zero-order valence-electron chi connectivity index (χ0n) is 13.8. The Bertz CT molecular complexity index is 818. The van der Waals surface area contributed by atoms with Gasteiger partial charge in [0.05, 0.1) is 12.8 Å². The van der Waals surface area contributed by atoms with Crippen molar-refractivity contribution in [3.05, 3.63) is 72.3 Å². The van der Waals surface area contributed by atoms with E-state index >= 15 is 0 Å². The summed E-state index contributed by atoms with van der Waals surface area (Å²) >= 11 is 0. The summed E-state index contributed by atoms with van der Waals surface area (Å²) in [5.74, 6) is 0.470. The fourth-order valence-corrected chi connectivity index (χ4v) is 2.26. The maximum atomic E-state index is 12.0. The molecule has 0 saturated carbocycles. The van der Waals surface area contributed by atoms with Gasteiger partial charge < -0.3 is 15.4 Å². The summed E-state index contributed by atoms with van der Waals surface area (Å²) in [5.41, 5.74) is 3.40. The summed E-state index contributed by atoms with van der Waals surface area (Å²) in [6.45, 7) is 0.478. The fraction of sp³-hybridized carbons (Fsp3) is 0.105. The Hall–Kier alpha value is -3.41. The molecule has 3 aromatic rings. The highest BCUT2D eigenvalue weighted by molar-refractivity contribution is 5.89. The molecule has 1 aromatic heterocycles. The topological polar surface area (TPSA) is 76.1 Å². The minimum Gasteiger partial charge on any atom is -0.480 e. The van der Waals surface area contributed by atoms with Crippen LogP contribution in [0, 0.1) is 0 Å². The van der Waals surface area contributed by atoms with E-state index in [0.717, 1.165) is 16.8 Å². The average molecular weight is 334 g/mol. The third-order valence-electron chi connectivity index (χ3n) is 3.58. The monoisotopic (exact) mass is 334 g/mol. The molecular formula is C19H18N4O2. The number of methoxy groups -OCH3 is 1.